The van der Waals surface area contributed by atoms with Crippen molar-refractivity contribution in [3.8, 4) is 0 Å². The van der Waals surface area contributed by atoms with E-state index in [9.17, 15) is 4.79 Å². The Morgan fingerprint density at radius 1 is 1.40 bits per heavy atom. The Hall–Kier alpha value is -0.770. The summed E-state index contributed by atoms with van der Waals surface area (Å²) in [5, 5.41) is 11.4. The summed E-state index contributed by atoms with van der Waals surface area (Å²) < 4.78 is 4.78. The molecule has 4 nitrogen and oxygen atoms in total. The van der Waals surface area contributed by atoms with Crippen LogP contribution in [-0.2, 0) is 4.74 Å². The van der Waals surface area contributed by atoms with E-state index in [2.05, 4.69) is 12.2 Å². The summed E-state index contributed by atoms with van der Waals surface area (Å²) in [6.45, 7) is 2.13. The highest BCUT2D eigenvalue weighted by atomic mass is 16.6. The summed E-state index contributed by atoms with van der Waals surface area (Å²) in [6, 6.07) is 0.235. The lowest BCUT2D eigenvalue weighted by Gasteiger charge is -2.22. The second kappa shape index (κ2) is 6.67. The summed E-state index contributed by atoms with van der Waals surface area (Å²) >= 11 is 0. The van der Waals surface area contributed by atoms with E-state index in [4.69, 9.17) is 9.84 Å². The molecule has 0 bridgehead atoms. The molecule has 1 aliphatic carbocycles. The molecule has 15 heavy (non-hydrogen) atoms. The van der Waals surface area contributed by atoms with E-state index in [0.717, 1.165) is 6.42 Å². The summed E-state index contributed by atoms with van der Waals surface area (Å²) in [6.07, 6.45) is 5.50. The molecule has 0 spiro atoms. The average molecular weight is 215 g/mol. The van der Waals surface area contributed by atoms with Gasteiger partial charge in [0.15, 0.2) is 0 Å². The molecule has 0 aromatic heterocycles. The molecule has 0 aromatic carbocycles. The van der Waals surface area contributed by atoms with Gasteiger partial charge in [-0.25, -0.2) is 4.79 Å². The molecule has 2 N–H and O–H groups in total. The Morgan fingerprint density at radius 3 is 2.87 bits per heavy atom. The Labute approximate surface area is 91.0 Å². The van der Waals surface area contributed by atoms with Crippen molar-refractivity contribution in [3.63, 3.8) is 0 Å². The fourth-order valence-corrected chi connectivity index (χ4v) is 2.04. The first-order valence-corrected chi connectivity index (χ1v) is 5.78. The fourth-order valence-electron chi connectivity index (χ4n) is 2.04. The number of carbonyl (C=O) groups excluding carboxylic acids is 1. The normalized spacial score (nSPS) is 26.8. The zero-order valence-corrected chi connectivity index (χ0v) is 9.37. The van der Waals surface area contributed by atoms with Crippen LogP contribution in [0.2, 0.25) is 0 Å². The molecule has 1 aliphatic rings. The van der Waals surface area contributed by atoms with Crippen molar-refractivity contribution >= 4 is 6.09 Å². The third-order valence-electron chi connectivity index (χ3n) is 2.99. The number of rotatable bonds is 3. The second-order valence-corrected chi connectivity index (χ2v) is 4.23. The summed E-state index contributed by atoms with van der Waals surface area (Å²) in [7, 11) is 0. The van der Waals surface area contributed by atoms with E-state index in [1.165, 1.54) is 25.7 Å². The zero-order chi connectivity index (χ0) is 11.1. The van der Waals surface area contributed by atoms with Crippen LogP contribution in [0.25, 0.3) is 0 Å². The third kappa shape index (κ3) is 4.51. The number of aliphatic hydroxyl groups is 1. The van der Waals surface area contributed by atoms with E-state index >= 15 is 0 Å². The molecule has 0 aromatic rings. The van der Waals surface area contributed by atoms with Crippen LogP contribution in [0.1, 0.15) is 39.0 Å². The number of ether oxygens (including phenoxy) is 1. The van der Waals surface area contributed by atoms with Crippen LogP contribution >= 0.6 is 0 Å². The average Bonchev–Trinajstić information content (AvgIpc) is 2.42. The predicted molar refractivity (Wildman–Crippen MR) is 57.6 cm³/mol. The highest BCUT2D eigenvalue weighted by molar-refractivity contribution is 5.67. The summed E-state index contributed by atoms with van der Waals surface area (Å²) in [5.74, 6) is 0.522. The molecule has 1 saturated carbocycles. The van der Waals surface area contributed by atoms with Crippen molar-refractivity contribution < 1.29 is 14.6 Å². The number of hydrogen-bond acceptors (Lipinski definition) is 3. The minimum Gasteiger partial charge on any atom is -0.447 e. The van der Waals surface area contributed by atoms with Crippen molar-refractivity contribution in [3.05, 3.63) is 0 Å². The number of alkyl carbamates (subject to hydrolysis) is 1. The van der Waals surface area contributed by atoms with Crippen LogP contribution < -0.4 is 5.32 Å². The van der Waals surface area contributed by atoms with Gasteiger partial charge in [-0.05, 0) is 18.8 Å². The Kier molecular flexibility index (Phi) is 5.47. The third-order valence-corrected chi connectivity index (χ3v) is 2.99. The largest absolute Gasteiger partial charge is 0.447 e. The molecule has 1 fully saturated rings. The molecule has 1 rings (SSSR count). The smallest absolute Gasteiger partial charge is 0.407 e. The quantitative estimate of drug-likeness (QED) is 0.704. The Morgan fingerprint density at radius 2 is 2.13 bits per heavy atom. The molecular formula is C11H21NO3. The van der Waals surface area contributed by atoms with Crippen LogP contribution in [0.3, 0.4) is 0 Å². The van der Waals surface area contributed by atoms with Gasteiger partial charge in [-0.3, -0.25) is 0 Å². The van der Waals surface area contributed by atoms with Crippen molar-refractivity contribution in [1.29, 1.82) is 0 Å². The molecule has 88 valence electrons. The maximum absolute atomic E-state index is 11.3. The molecule has 0 radical (unpaired) electrons. The molecule has 2 unspecified atom stereocenters. The second-order valence-electron chi connectivity index (χ2n) is 4.23. The van der Waals surface area contributed by atoms with Crippen molar-refractivity contribution in [2.24, 2.45) is 5.92 Å². The Balaban J connectivity index is 2.30. The van der Waals surface area contributed by atoms with Gasteiger partial charge in [0.1, 0.15) is 6.61 Å². The molecular weight excluding hydrogens is 194 g/mol. The molecule has 4 heteroatoms. The summed E-state index contributed by atoms with van der Waals surface area (Å²) in [4.78, 5) is 11.3. The van der Waals surface area contributed by atoms with Crippen LogP contribution in [-0.4, -0.2) is 30.5 Å². The van der Waals surface area contributed by atoms with Gasteiger partial charge in [-0.2, -0.15) is 0 Å². The maximum atomic E-state index is 11.3. The monoisotopic (exact) mass is 215 g/mol. The highest BCUT2D eigenvalue weighted by Gasteiger charge is 2.21. The van der Waals surface area contributed by atoms with Crippen LogP contribution in [0, 0.1) is 5.92 Å². The maximum Gasteiger partial charge on any atom is 0.407 e. The fraction of sp³-hybridized carbons (Fsp3) is 0.909. The number of nitrogens with one attached hydrogen (secondary N) is 1. The van der Waals surface area contributed by atoms with Gasteiger partial charge in [0.25, 0.3) is 0 Å². The number of amides is 1. The van der Waals surface area contributed by atoms with Crippen molar-refractivity contribution in [1.82, 2.24) is 5.32 Å². The van der Waals surface area contributed by atoms with E-state index < -0.39 is 6.09 Å². The van der Waals surface area contributed by atoms with Gasteiger partial charge in [-0.1, -0.05) is 26.2 Å². The van der Waals surface area contributed by atoms with E-state index in [0.29, 0.717) is 5.92 Å². The number of carbonyl (C=O) groups is 1. The van der Waals surface area contributed by atoms with E-state index in [1.807, 2.05) is 0 Å². The SMILES string of the molecule is CC1CCCCCC1NC(=O)OCCO. The molecule has 0 heterocycles. The van der Waals surface area contributed by atoms with Crippen molar-refractivity contribution in [2.45, 2.75) is 45.1 Å². The standard InChI is InChI=1S/C11H21NO3/c1-9-5-3-2-4-6-10(9)12-11(14)15-8-7-13/h9-10,13H,2-8H2,1H3,(H,12,14). The van der Waals surface area contributed by atoms with E-state index in [-0.39, 0.29) is 19.3 Å². The first-order valence-electron chi connectivity index (χ1n) is 5.78. The van der Waals surface area contributed by atoms with Gasteiger partial charge in [-0.15, -0.1) is 0 Å². The molecule has 0 saturated heterocycles. The topological polar surface area (TPSA) is 58.6 Å². The number of aliphatic hydroxyl groups excluding tert-OH is 1. The van der Waals surface area contributed by atoms with Gasteiger partial charge < -0.3 is 15.2 Å². The van der Waals surface area contributed by atoms with Crippen LogP contribution in [0.5, 0.6) is 0 Å². The minimum atomic E-state index is -0.400. The van der Waals surface area contributed by atoms with Gasteiger partial charge >= 0.3 is 6.09 Å². The molecule has 0 aliphatic heterocycles. The molecule has 1 amide bonds. The zero-order valence-electron chi connectivity index (χ0n) is 9.37. The first kappa shape index (κ1) is 12.3. The van der Waals surface area contributed by atoms with Gasteiger partial charge in [0, 0.05) is 6.04 Å². The van der Waals surface area contributed by atoms with Gasteiger partial charge in [0.2, 0.25) is 0 Å². The number of hydrogen-bond donors (Lipinski definition) is 2. The van der Waals surface area contributed by atoms with Gasteiger partial charge in [0.05, 0.1) is 6.61 Å². The highest BCUT2D eigenvalue weighted by Crippen LogP contribution is 2.22. The minimum absolute atomic E-state index is 0.0763. The summed E-state index contributed by atoms with van der Waals surface area (Å²) in [5.41, 5.74) is 0. The van der Waals surface area contributed by atoms with E-state index in [1.54, 1.807) is 0 Å². The molecule has 2 atom stereocenters. The van der Waals surface area contributed by atoms with Crippen molar-refractivity contribution in [2.75, 3.05) is 13.2 Å². The predicted octanol–water partition coefficient (Wildman–Crippen LogP) is 1.67. The Bertz CT molecular complexity index is 196. The van der Waals surface area contributed by atoms with Crippen LogP contribution in [0.4, 0.5) is 4.79 Å². The van der Waals surface area contributed by atoms with Crippen LogP contribution in [0.15, 0.2) is 0 Å². The lowest BCUT2D eigenvalue weighted by molar-refractivity contribution is 0.113. The lowest BCUT2D eigenvalue weighted by atomic mass is 9.97. The first-order chi connectivity index (χ1) is 7.24. The lowest BCUT2D eigenvalue weighted by Crippen LogP contribution is -2.39.